The first-order chi connectivity index (χ1) is 14.5. The van der Waals surface area contributed by atoms with Gasteiger partial charge in [0.2, 0.25) is 0 Å². The van der Waals surface area contributed by atoms with Gasteiger partial charge >= 0.3 is 0 Å². The largest absolute Gasteiger partial charge is 0.485 e. The molecule has 5 nitrogen and oxygen atoms in total. The van der Waals surface area contributed by atoms with Gasteiger partial charge in [0.1, 0.15) is 17.4 Å². The zero-order valence-corrected chi connectivity index (χ0v) is 19.2. The van der Waals surface area contributed by atoms with E-state index in [9.17, 15) is 0 Å². The van der Waals surface area contributed by atoms with E-state index in [1.165, 1.54) is 16.7 Å². The predicted molar refractivity (Wildman–Crippen MR) is 123 cm³/mol. The minimum atomic E-state index is 0.391. The van der Waals surface area contributed by atoms with Crippen LogP contribution in [0.3, 0.4) is 0 Å². The molecule has 7 heteroatoms. The second kappa shape index (κ2) is 9.02. The number of aryl methyl sites for hydroxylation is 3. The summed E-state index contributed by atoms with van der Waals surface area (Å²) in [6, 6.07) is 14.6. The van der Waals surface area contributed by atoms with Gasteiger partial charge in [0, 0.05) is 23.7 Å². The lowest BCUT2D eigenvalue weighted by atomic mass is 10.1. The summed E-state index contributed by atoms with van der Waals surface area (Å²) in [7, 11) is 1.97. The number of nitrogens with zero attached hydrogens (tertiary/aromatic N) is 4. The number of ether oxygens (including phenoxy) is 1. The molecule has 0 fully saturated rings. The lowest BCUT2D eigenvalue weighted by Gasteiger charge is -2.09. The molecule has 0 aliphatic heterocycles. The molecule has 154 valence electrons. The fraction of sp³-hybridized carbons (Fsp3) is 0.261. The standard InChI is InChI=1S/C23H24N4OS2/c1-15-6-5-7-18(11-15)22-24-19(13-29-22)14-30-23-26-25-21(27(23)4)12-28-20-9-8-16(2)10-17(20)3/h5-11,13H,12,14H2,1-4H3. The van der Waals surface area contributed by atoms with E-state index in [4.69, 9.17) is 9.72 Å². The van der Waals surface area contributed by atoms with Crippen LogP contribution in [0.5, 0.6) is 5.75 Å². The van der Waals surface area contributed by atoms with Crippen LogP contribution in [0.1, 0.15) is 28.2 Å². The Labute approximate surface area is 185 Å². The van der Waals surface area contributed by atoms with Crippen LogP contribution in [0.15, 0.2) is 53.0 Å². The first-order valence-corrected chi connectivity index (χ1v) is 11.6. The molecule has 0 amide bonds. The van der Waals surface area contributed by atoms with Gasteiger partial charge in [0.05, 0.1) is 5.69 Å². The van der Waals surface area contributed by atoms with Gasteiger partial charge in [-0.15, -0.1) is 21.5 Å². The van der Waals surface area contributed by atoms with E-state index >= 15 is 0 Å². The summed E-state index contributed by atoms with van der Waals surface area (Å²) >= 11 is 3.31. The van der Waals surface area contributed by atoms with Crippen molar-refractivity contribution in [3.05, 3.63) is 76.1 Å². The van der Waals surface area contributed by atoms with E-state index in [-0.39, 0.29) is 0 Å². The Bertz CT molecular complexity index is 1170. The van der Waals surface area contributed by atoms with Gasteiger partial charge < -0.3 is 9.30 Å². The van der Waals surface area contributed by atoms with Crippen LogP contribution < -0.4 is 4.74 Å². The summed E-state index contributed by atoms with van der Waals surface area (Å²) in [5.41, 5.74) is 5.82. The average Bonchev–Trinajstić information content (AvgIpc) is 3.33. The maximum Gasteiger partial charge on any atom is 0.191 e. The van der Waals surface area contributed by atoms with E-state index in [2.05, 4.69) is 72.7 Å². The van der Waals surface area contributed by atoms with Gasteiger partial charge in [-0.2, -0.15) is 0 Å². The van der Waals surface area contributed by atoms with Crippen molar-refractivity contribution in [1.29, 1.82) is 0 Å². The van der Waals surface area contributed by atoms with Crippen LogP contribution >= 0.6 is 23.1 Å². The van der Waals surface area contributed by atoms with Crippen molar-refractivity contribution in [2.45, 2.75) is 38.3 Å². The summed E-state index contributed by atoms with van der Waals surface area (Å²) in [5.74, 6) is 2.44. The highest BCUT2D eigenvalue weighted by Crippen LogP contribution is 2.28. The lowest BCUT2D eigenvalue weighted by Crippen LogP contribution is -2.05. The second-order valence-corrected chi connectivity index (χ2v) is 9.12. The van der Waals surface area contributed by atoms with Crippen LogP contribution in [0.4, 0.5) is 0 Å². The quantitative estimate of drug-likeness (QED) is 0.346. The molecular weight excluding hydrogens is 412 g/mol. The van der Waals surface area contributed by atoms with E-state index in [1.54, 1.807) is 23.1 Å². The molecule has 0 radical (unpaired) electrons. The third-order valence-electron chi connectivity index (χ3n) is 4.78. The average molecular weight is 437 g/mol. The summed E-state index contributed by atoms with van der Waals surface area (Å²) in [4.78, 5) is 4.78. The third kappa shape index (κ3) is 4.74. The summed E-state index contributed by atoms with van der Waals surface area (Å²) in [6.45, 7) is 6.62. The number of thiazole rings is 1. The van der Waals surface area contributed by atoms with Gasteiger partial charge in [-0.1, -0.05) is 53.2 Å². The monoisotopic (exact) mass is 436 g/mol. The van der Waals surface area contributed by atoms with E-state index in [1.807, 2.05) is 17.7 Å². The number of benzene rings is 2. The molecule has 2 aromatic heterocycles. The van der Waals surface area contributed by atoms with Gasteiger partial charge in [-0.3, -0.25) is 0 Å². The Morgan fingerprint density at radius 2 is 1.87 bits per heavy atom. The molecule has 0 saturated heterocycles. The number of hydrogen-bond acceptors (Lipinski definition) is 6. The molecule has 0 bridgehead atoms. The first-order valence-electron chi connectivity index (χ1n) is 9.72. The van der Waals surface area contributed by atoms with Gasteiger partial charge in [0.15, 0.2) is 11.0 Å². The van der Waals surface area contributed by atoms with E-state index in [0.29, 0.717) is 6.61 Å². The molecule has 0 atom stereocenters. The topological polar surface area (TPSA) is 52.8 Å². The number of thioether (sulfide) groups is 1. The molecular formula is C23H24N4OS2. The zero-order chi connectivity index (χ0) is 21.1. The predicted octanol–water partition coefficient (Wildman–Crippen LogP) is 5.74. The van der Waals surface area contributed by atoms with E-state index < -0.39 is 0 Å². The van der Waals surface area contributed by atoms with Crippen LogP contribution in [-0.2, 0) is 19.4 Å². The zero-order valence-electron chi connectivity index (χ0n) is 17.5. The van der Waals surface area contributed by atoms with Crippen molar-refractivity contribution in [1.82, 2.24) is 19.7 Å². The van der Waals surface area contributed by atoms with Gasteiger partial charge in [0.25, 0.3) is 0 Å². The highest BCUT2D eigenvalue weighted by Gasteiger charge is 2.12. The Kier molecular flexibility index (Phi) is 6.20. The number of rotatable bonds is 7. The SMILES string of the molecule is Cc1cccc(-c2nc(CSc3nnc(COc4ccc(C)cc4C)n3C)cs2)c1. The number of hydrogen-bond donors (Lipinski definition) is 0. The Morgan fingerprint density at radius 1 is 1.03 bits per heavy atom. The maximum absolute atomic E-state index is 5.95. The van der Waals surface area contributed by atoms with Crippen LogP contribution in [-0.4, -0.2) is 19.7 Å². The molecule has 0 aliphatic rings. The fourth-order valence-electron chi connectivity index (χ4n) is 3.12. The molecule has 2 aromatic carbocycles. The fourth-order valence-corrected chi connectivity index (χ4v) is 4.87. The lowest BCUT2D eigenvalue weighted by molar-refractivity contribution is 0.288. The Morgan fingerprint density at radius 3 is 2.67 bits per heavy atom. The molecule has 30 heavy (non-hydrogen) atoms. The number of aromatic nitrogens is 4. The molecule has 0 saturated carbocycles. The molecule has 0 unspecified atom stereocenters. The van der Waals surface area contributed by atoms with Crippen molar-refractivity contribution in [3.63, 3.8) is 0 Å². The minimum Gasteiger partial charge on any atom is -0.485 e. The Balaban J connectivity index is 1.37. The molecule has 2 heterocycles. The third-order valence-corrected chi connectivity index (χ3v) is 6.77. The molecule has 4 rings (SSSR count). The van der Waals surface area contributed by atoms with Crippen molar-refractivity contribution in [3.8, 4) is 16.3 Å². The Hall–Kier alpha value is -2.64. The summed E-state index contributed by atoms with van der Waals surface area (Å²) in [6.07, 6.45) is 0. The van der Waals surface area contributed by atoms with E-state index in [0.717, 1.165) is 38.7 Å². The van der Waals surface area contributed by atoms with Crippen LogP contribution in [0, 0.1) is 20.8 Å². The van der Waals surface area contributed by atoms with Crippen LogP contribution in [0.2, 0.25) is 0 Å². The molecule has 0 spiro atoms. The second-order valence-electron chi connectivity index (χ2n) is 7.32. The maximum atomic E-state index is 5.95. The summed E-state index contributed by atoms with van der Waals surface area (Å²) < 4.78 is 7.94. The highest BCUT2D eigenvalue weighted by atomic mass is 32.2. The van der Waals surface area contributed by atoms with Crippen LogP contribution in [0.25, 0.3) is 10.6 Å². The first kappa shape index (κ1) is 20.6. The molecule has 0 N–H and O–H groups in total. The highest BCUT2D eigenvalue weighted by molar-refractivity contribution is 7.98. The molecule has 0 aliphatic carbocycles. The van der Waals surface area contributed by atoms with Crippen molar-refractivity contribution in [2.75, 3.05) is 0 Å². The summed E-state index contributed by atoms with van der Waals surface area (Å²) in [5, 5.41) is 12.7. The minimum absolute atomic E-state index is 0.391. The van der Waals surface area contributed by atoms with Gasteiger partial charge in [-0.25, -0.2) is 4.98 Å². The van der Waals surface area contributed by atoms with Gasteiger partial charge in [-0.05, 0) is 38.5 Å². The smallest absolute Gasteiger partial charge is 0.191 e. The van der Waals surface area contributed by atoms with Crippen molar-refractivity contribution < 1.29 is 4.74 Å². The van der Waals surface area contributed by atoms with Crippen molar-refractivity contribution in [2.24, 2.45) is 7.05 Å². The molecule has 4 aromatic rings. The van der Waals surface area contributed by atoms with Crippen molar-refractivity contribution >= 4 is 23.1 Å². The normalized spacial score (nSPS) is 11.1.